The molecule has 0 N–H and O–H groups in total. The molecule has 1 fully saturated rings. The van der Waals surface area contributed by atoms with Gasteiger partial charge in [-0.15, -0.1) is 0 Å². The smallest absolute Gasteiger partial charge is 0.303 e. The van der Waals surface area contributed by atoms with E-state index in [1.165, 1.54) is 20.8 Å². The number of hydrogen-bond donors (Lipinski definition) is 0. The van der Waals surface area contributed by atoms with Crippen molar-refractivity contribution in [2.24, 2.45) is 0 Å². The molecule has 1 saturated heterocycles. The first kappa shape index (κ1) is 22.1. The minimum Gasteiger partial charge on any atom is -0.463 e. The van der Waals surface area contributed by atoms with Crippen LogP contribution in [-0.2, 0) is 44.7 Å². The number of benzene rings is 1. The van der Waals surface area contributed by atoms with Crippen LogP contribution in [-0.4, -0.2) is 54.5 Å². The molecule has 8 nitrogen and oxygen atoms in total. The van der Waals surface area contributed by atoms with Crippen LogP contribution in [0, 0.1) is 0 Å². The molecule has 1 aliphatic heterocycles. The fourth-order valence-electron chi connectivity index (χ4n) is 2.80. The van der Waals surface area contributed by atoms with Crippen LogP contribution >= 0.6 is 11.6 Å². The summed E-state index contributed by atoms with van der Waals surface area (Å²) in [4.78, 5) is 34.4. The first-order valence-electron chi connectivity index (χ1n) is 8.70. The number of carbonyl (C=O) groups excluding carboxylic acids is 3. The summed E-state index contributed by atoms with van der Waals surface area (Å²) in [6.07, 6.45) is -3.93. The van der Waals surface area contributed by atoms with Crippen molar-refractivity contribution in [1.82, 2.24) is 0 Å². The van der Waals surface area contributed by atoms with Gasteiger partial charge in [0.1, 0.15) is 18.8 Å². The molecule has 5 atom stereocenters. The van der Waals surface area contributed by atoms with Gasteiger partial charge in [0.05, 0.1) is 6.61 Å². The molecule has 28 heavy (non-hydrogen) atoms. The zero-order valence-electron chi connectivity index (χ0n) is 15.8. The summed E-state index contributed by atoms with van der Waals surface area (Å²) in [5, 5.41) is 0. The third-order valence-electron chi connectivity index (χ3n) is 3.92. The Morgan fingerprint density at radius 3 is 2.11 bits per heavy atom. The maximum absolute atomic E-state index is 11.7. The van der Waals surface area contributed by atoms with Crippen LogP contribution in [0.4, 0.5) is 0 Å². The van der Waals surface area contributed by atoms with E-state index in [1.54, 1.807) is 0 Å². The molecule has 154 valence electrons. The summed E-state index contributed by atoms with van der Waals surface area (Å²) >= 11 is 6.32. The monoisotopic (exact) mass is 414 g/mol. The molecule has 9 heteroatoms. The third kappa shape index (κ3) is 6.47. The Balaban J connectivity index is 2.22. The SMILES string of the molecule is CC(=O)OC[C@H]1O[C@H](Cl)[C@H](OCc2ccccc2)[C@@H](OC(C)=O)[C@H]1OC(C)=O. The van der Waals surface area contributed by atoms with Gasteiger partial charge in [-0.25, -0.2) is 0 Å². The van der Waals surface area contributed by atoms with Crippen LogP contribution < -0.4 is 0 Å². The number of alkyl halides is 1. The molecule has 0 bridgehead atoms. The van der Waals surface area contributed by atoms with Gasteiger partial charge in [0.2, 0.25) is 0 Å². The van der Waals surface area contributed by atoms with Crippen LogP contribution in [0.3, 0.4) is 0 Å². The van der Waals surface area contributed by atoms with Gasteiger partial charge in [-0.05, 0) is 5.56 Å². The van der Waals surface area contributed by atoms with Gasteiger partial charge >= 0.3 is 17.9 Å². The summed E-state index contributed by atoms with van der Waals surface area (Å²) in [6, 6.07) is 9.31. The molecular weight excluding hydrogens is 392 g/mol. The number of esters is 3. The summed E-state index contributed by atoms with van der Waals surface area (Å²) in [5.41, 5.74) is -0.153. The van der Waals surface area contributed by atoms with Crippen molar-refractivity contribution in [3.8, 4) is 0 Å². The Hall–Kier alpha value is -2.16. The molecule has 0 saturated carbocycles. The number of rotatable bonds is 7. The molecule has 0 radical (unpaired) electrons. The maximum atomic E-state index is 11.7. The predicted molar refractivity (Wildman–Crippen MR) is 97.3 cm³/mol. The Kier molecular flexibility index (Phi) is 8.22. The third-order valence-corrected chi connectivity index (χ3v) is 4.27. The zero-order chi connectivity index (χ0) is 20.7. The van der Waals surface area contributed by atoms with Crippen molar-refractivity contribution in [3.63, 3.8) is 0 Å². The van der Waals surface area contributed by atoms with E-state index >= 15 is 0 Å². The standard InChI is InChI=1S/C19H23ClO8/c1-11(21)24-10-15-16(26-12(2)22)17(27-13(3)23)18(19(20)28-15)25-9-14-7-5-4-6-8-14/h4-8,15-19H,9-10H2,1-3H3/t15-,16+,17+,18-,19+/m1/s1. The van der Waals surface area contributed by atoms with Crippen LogP contribution in [0.2, 0.25) is 0 Å². The highest BCUT2D eigenvalue weighted by Crippen LogP contribution is 2.31. The number of halogens is 1. The lowest BCUT2D eigenvalue weighted by atomic mass is 9.99. The van der Waals surface area contributed by atoms with Crippen LogP contribution in [0.15, 0.2) is 30.3 Å². The molecule has 2 rings (SSSR count). The zero-order valence-corrected chi connectivity index (χ0v) is 16.6. The van der Waals surface area contributed by atoms with Gasteiger partial charge in [0, 0.05) is 20.8 Å². The van der Waals surface area contributed by atoms with Crippen molar-refractivity contribution in [2.75, 3.05) is 6.61 Å². The fourth-order valence-corrected chi connectivity index (χ4v) is 3.15. The normalized spacial score (nSPS) is 26.9. The second kappa shape index (κ2) is 10.4. The van der Waals surface area contributed by atoms with Gasteiger partial charge in [-0.2, -0.15) is 0 Å². The van der Waals surface area contributed by atoms with Gasteiger partial charge in [-0.3, -0.25) is 14.4 Å². The summed E-state index contributed by atoms with van der Waals surface area (Å²) in [6.45, 7) is 3.62. The van der Waals surface area contributed by atoms with Gasteiger partial charge in [0.25, 0.3) is 0 Å². The molecule has 0 aliphatic carbocycles. The molecule has 1 heterocycles. The maximum Gasteiger partial charge on any atom is 0.303 e. The lowest BCUT2D eigenvalue weighted by Gasteiger charge is -2.43. The first-order valence-corrected chi connectivity index (χ1v) is 9.14. The van der Waals surface area contributed by atoms with Crippen LogP contribution in [0.5, 0.6) is 0 Å². The Bertz CT molecular complexity index is 680. The Morgan fingerprint density at radius 1 is 0.929 bits per heavy atom. The number of carbonyl (C=O) groups is 3. The highest BCUT2D eigenvalue weighted by molar-refractivity contribution is 6.20. The van der Waals surface area contributed by atoms with Crippen molar-refractivity contribution < 1.29 is 38.1 Å². The molecule has 0 aromatic heterocycles. The average molecular weight is 415 g/mol. The van der Waals surface area contributed by atoms with Gasteiger partial charge in [-0.1, -0.05) is 41.9 Å². The van der Waals surface area contributed by atoms with E-state index in [0.717, 1.165) is 5.56 Å². The highest BCUT2D eigenvalue weighted by atomic mass is 35.5. The van der Waals surface area contributed by atoms with Crippen LogP contribution in [0.1, 0.15) is 26.3 Å². The topological polar surface area (TPSA) is 97.4 Å². The van der Waals surface area contributed by atoms with Gasteiger partial charge < -0.3 is 23.7 Å². The molecule has 0 unspecified atom stereocenters. The minimum absolute atomic E-state index is 0.178. The Labute approximate surface area is 168 Å². The molecular formula is C19H23ClO8. The molecule has 1 aromatic rings. The van der Waals surface area contributed by atoms with E-state index < -0.39 is 47.9 Å². The van der Waals surface area contributed by atoms with E-state index in [-0.39, 0.29) is 13.2 Å². The van der Waals surface area contributed by atoms with Crippen molar-refractivity contribution >= 4 is 29.5 Å². The lowest BCUT2D eigenvalue weighted by Crippen LogP contribution is -2.60. The van der Waals surface area contributed by atoms with E-state index in [9.17, 15) is 14.4 Å². The van der Waals surface area contributed by atoms with E-state index in [4.69, 9.17) is 35.3 Å². The van der Waals surface area contributed by atoms with E-state index in [2.05, 4.69) is 0 Å². The summed E-state index contributed by atoms with van der Waals surface area (Å²) < 4.78 is 27.1. The van der Waals surface area contributed by atoms with Gasteiger partial charge in [0.15, 0.2) is 17.8 Å². The predicted octanol–water partition coefficient (Wildman–Crippen LogP) is 1.96. The summed E-state index contributed by atoms with van der Waals surface area (Å²) in [7, 11) is 0. The molecule has 0 spiro atoms. The Morgan fingerprint density at radius 2 is 1.54 bits per heavy atom. The second-order valence-corrected chi connectivity index (χ2v) is 6.67. The minimum atomic E-state index is -1.06. The molecule has 1 aromatic carbocycles. The molecule has 1 aliphatic rings. The lowest BCUT2D eigenvalue weighted by molar-refractivity contribution is -0.243. The number of hydrogen-bond acceptors (Lipinski definition) is 8. The van der Waals surface area contributed by atoms with E-state index in [0.29, 0.717) is 0 Å². The second-order valence-electron chi connectivity index (χ2n) is 6.24. The first-order chi connectivity index (χ1) is 13.3. The largest absolute Gasteiger partial charge is 0.463 e. The highest BCUT2D eigenvalue weighted by Gasteiger charge is 2.50. The van der Waals surface area contributed by atoms with Crippen molar-refractivity contribution in [1.29, 1.82) is 0 Å². The van der Waals surface area contributed by atoms with Crippen molar-refractivity contribution in [2.45, 2.75) is 57.4 Å². The average Bonchev–Trinajstić information content (AvgIpc) is 2.62. The van der Waals surface area contributed by atoms with Crippen molar-refractivity contribution in [3.05, 3.63) is 35.9 Å². The summed E-state index contributed by atoms with van der Waals surface area (Å²) in [5.74, 6) is -1.76. The number of ether oxygens (including phenoxy) is 5. The fraction of sp³-hybridized carbons (Fsp3) is 0.526. The molecule has 0 amide bonds. The van der Waals surface area contributed by atoms with Crippen LogP contribution in [0.25, 0.3) is 0 Å². The quantitative estimate of drug-likeness (QED) is 0.379. The van der Waals surface area contributed by atoms with E-state index in [1.807, 2.05) is 30.3 Å².